The Morgan fingerprint density at radius 1 is 0.742 bits per heavy atom. The normalized spacial score (nSPS) is 11.5. The van der Waals surface area contributed by atoms with Gasteiger partial charge in [0.15, 0.2) is 0 Å². The first-order valence-corrected chi connectivity index (χ1v) is 8.92. The predicted molar refractivity (Wildman–Crippen MR) is 106 cm³/mol. The summed E-state index contributed by atoms with van der Waals surface area (Å²) >= 11 is 0. The molecule has 3 rings (SSSR count). The van der Waals surface area contributed by atoms with Crippen LogP contribution >= 0.6 is 0 Å². The van der Waals surface area contributed by atoms with E-state index in [-0.39, 0.29) is 46.6 Å². The molecule has 0 N–H and O–H groups in total. The van der Waals surface area contributed by atoms with Crippen LogP contribution in [0, 0.1) is 40.5 Å². The Labute approximate surface area is 173 Å². The number of hydrogen-bond acceptors (Lipinski definition) is 9. The van der Waals surface area contributed by atoms with Crippen LogP contribution in [0.4, 0.5) is 22.7 Å². The first-order chi connectivity index (χ1) is 14.6. The summed E-state index contributed by atoms with van der Waals surface area (Å²) in [6.45, 7) is 3.53. The van der Waals surface area contributed by atoms with Crippen molar-refractivity contribution in [2.24, 2.45) is 0 Å². The molecule has 0 bridgehead atoms. The average molecular weight is 430 g/mol. The summed E-state index contributed by atoms with van der Waals surface area (Å²) in [5.41, 5.74) is -2.99. The third kappa shape index (κ3) is 3.41. The molecule has 1 aliphatic carbocycles. The lowest BCUT2D eigenvalue weighted by Gasteiger charge is -2.12. The SMILES string of the molecule is CCOC(CC)=C1c2cc([N+](=O)[O-])cc([N+](=O)[O-])c2-c2c1cc([N+](=O)[O-])cc2[N+](=O)[O-]. The van der Waals surface area contributed by atoms with E-state index in [1.165, 1.54) is 0 Å². The summed E-state index contributed by atoms with van der Waals surface area (Å²) in [6, 6.07) is 3.54. The van der Waals surface area contributed by atoms with Crippen molar-refractivity contribution in [2.75, 3.05) is 6.61 Å². The van der Waals surface area contributed by atoms with E-state index >= 15 is 0 Å². The van der Waals surface area contributed by atoms with Gasteiger partial charge in [0.05, 0.1) is 49.6 Å². The lowest BCUT2D eigenvalue weighted by atomic mass is 10.00. The molecule has 0 saturated carbocycles. The number of fused-ring (bicyclic) bond motifs is 3. The van der Waals surface area contributed by atoms with Gasteiger partial charge in [0, 0.05) is 35.3 Å². The summed E-state index contributed by atoms with van der Waals surface area (Å²) in [6.07, 6.45) is 0.231. The fourth-order valence-electron chi connectivity index (χ4n) is 3.61. The van der Waals surface area contributed by atoms with Crippen LogP contribution in [0.25, 0.3) is 16.7 Å². The molecule has 13 nitrogen and oxygen atoms in total. The first-order valence-electron chi connectivity index (χ1n) is 8.92. The lowest BCUT2D eigenvalue weighted by molar-refractivity contribution is -0.395. The van der Waals surface area contributed by atoms with Gasteiger partial charge in [-0.25, -0.2) is 0 Å². The Morgan fingerprint density at radius 3 is 1.45 bits per heavy atom. The molecule has 0 aliphatic heterocycles. The van der Waals surface area contributed by atoms with Crippen molar-refractivity contribution in [2.45, 2.75) is 20.3 Å². The molecule has 31 heavy (non-hydrogen) atoms. The number of hydrogen-bond donors (Lipinski definition) is 0. The van der Waals surface area contributed by atoms with E-state index in [0.717, 1.165) is 12.1 Å². The second kappa shape index (κ2) is 7.78. The van der Waals surface area contributed by atoms with Gasteiger partial charge in [0.1, 0.15) is 5.76 Å². The van der Waals surface area contributed by atoms with Gasteiger partial charge in [-0.2, -0.15) is 0 Å². The summed E-state index contributed by atoms with van der Waals surface area (Å²) in [5, 5.41) is 46.2. The van der Waals surface area contributed by atoms with Crippen LogP contribution in [0.15, 0.2) is 30.0 Å². The first kappa shape index (κ1) is 21.3. The van der Waals surface area contributed by atoms with Crippen molar-refractivity contribution < 1.29 is 24.4 Å². The fourth-order valence-corrected chi connectivity index (χ4v) is 3.61. The monoisotopic (exact) mass is 430 g/mol. The topological polar surface area (TPSA) is 182 Å². The molecule has 0 radical (unpaired) electrons. The third-order valence-electron chi connectivity index (χ3n) is 4.73. The Balaban J connectivity index is 2.61. The Bertz CT molecular complexity index is 1120. The Hall–Kier alpha value is -4.42. The number of non-ortho nitro benzene ring substituents is 2. The molecule has 0 amide bonds. The van der Waals surface area contributed by atoms with Crippen LogP contribution in [0.1, 0.15) is 31.4 Å². The van der Waals surface area contributed by atoms with Crippen LogP contribution in [-0.4, -0.2) is 26.3 Å². The van der Waals surface area contributed by atoms with E-state index in [1.807, 2.05) is 0 Å². The zero-order valence-corrected chi connectivity index (χ0v) is 16.2. The summed E-state index contributed by atoms with van der Waals surface area (Å²) in [4.78, 5) is 42.8. The van der Waals surface area contributed by atoms with E-state index in [1.54, 1.807) is 13.8 Å². The smallest absolute Gasteiger partial charge is 0.284 e. The number of ether oxygens (including phenoxy) is 1. The van der Waals surface area contributed by atoms with E-state index in [9.17, 15) is 40.5 Å². The van der Waals surface area contributed by atoms with Gasteiger partial charge in [-0.1, -0.05) is 6.92 Å². The molecular weight excluding hydrogens is 416 g/mol. The maximum absolute atomic E-state index is 11.7. The molecule has 2 aromatic carbocycles. The van der Waals surface area contributed by atoms with Crippen molar-refractivity contribution in [1.29, 1.82) is 0 Å². The number of benzene rings is 2. The number of nitro groups is 4. The maximum Gasteiger partial charge on any atom is 0.284 e. The van der Waals surface area contributed by atoms with Crippen molar-refractivity contribution >= 4 is 28.3 Å². The predicted octanol–water partition coefficient (Wildman–Crippen LogP) is 4.51. The highest BCUT2D eigenvalue weighted by Crippen LogP contribution is 2.55. The molecule has 0 saturated heterocycles. The van der Waals surface area contributed by atoms with Crippen molar-refractivity contribution in [3.05, 3.63) is 81.6 Å². The van der Waals surface area contributed by atoms with Crippen LogP contribution < -0.4 is 0 Å². The molecule has 0 aromatic heterocycles. The van der Waals surface area contributed by atoms with Crippen LogP contribution in [-0.2, 0) is 4.74 Å². The standard InChI is InChI=1S/C18H14N4O9/c1-3-15(31-4-2)16-11-5-9(19(23)24)7-13(21(27)28)17(11)18-12(16)6-10(20(25)26)8-14(18)22(29)30/h5-8H,3-4H2,1-2H3. The van der Waals surface area contributed by atoms with Crippen LogP contribution in [0.3, 0.4) is 0 Å². The molecule has 1 aliphatic rings. The maximum atomic E-state index is 11.7. The quantitative estimate of drug-likeness (QED) is 0.296. The molecule has 0 fully saturated rings. The van der Waals surface area contributed by atoms with E-state index in [0.29, 0.717) is 12.1 Å². The van der Waals surface area contributed by atoms with E-state index < -0.39 is 42.4 Å². The summed E-state index contributed by atoms with van der Waals surface area (Å²) < 4.78 is 5.59. The van der Waals surface area contributed by atoms with Gasteiger partial charge < -0.3 is 4.74 Å². The number of allylic oxidation sites excluding steroid dienone is 1. The Kier molecular flexibility index (Phi) is 5.34. The van der Waals surface area contributed by atoms with Gasteiger partial charge in [0.25, 0.3) is 22.7 Å². The Morgan fingerprint density at radius 2 is 1.16 bits per heavy atom. The van der Waals surface area contributed by atoms with Crippen molar-refractivity contribution in [3.63, 3.8) is 0 Å². The fraction of sp³-hybridized carbons (Fsp3) is 0.222. The van der Waals surface area contributed by atoms with E-state index in [2.05, 4.69) is 0 Å². The summed E-state index contributed by atoms with van der Waals surface area (Å²) in [7, 11) is 0. The minimum atomic E-state index is -0.879. The van der Waals surface area contributed by atoms with Gasteiger partial charge in [-0.3, -0.25) is 40.5 Å². The second-order valence-corrected chi connectivity index (χ2v) is 6.39. The zero-order valence-electron chi connectivity index (χ0n) is 16.2. The highest BCUT2D eigenvalue weighted by atomic mass is 16.6. The molecule has 160 valence electrons. The third-order valence-corrected chi connectivity index (χ3v) is 4.73. The van der Waals surface area contributed by atoms with Gasteiger partial charge in [-0.15, -0.1) is 0 Å². The molecule has 0 atom stereocenters. The highest BCUT2D eigenvalue weighted by Gasteiger charge is 2.41. The number of rotatable bonds is 7. The second-order valence-electron chi connectivity index (χ2n) is 6.39. The molecule has 0 spiro atoms. The van der Waals surface area contributed by atoms with Gasteiger partial charge >= 0.3 is 0 Å². The van der Waals surface area contributed by atoms with Crippen LogP contribution in [0.5, 0.6) is 0 Å². The van der Waals surface area contributed by atoms with Gasteiger partial charge in [0.2, 0.25) is 0 Å². The number of nitro benzene ring substituents is 4. The van der Waals surface area contributed by atoms with E-state index in [4.69, 9.17) is 4.74 Å². The lowest BCUT2D eigenvalue weighted by Crippen LogP contribution is -1.99. The van der Waals surface area contributed by atoms with Crippen molar-refractivity contribution in [1.82, 2.24) is 0 Å². The largest absolute Gasteiger partial charge is 0.498 e. The van der Waals surface area contributed by atoms with Gasteiger partial charge in [-0.05, 0) is 6.92 Å². The minimum absolute atomic E-state index is 0.0233. The molecule has 0 heterocycles. The summed E-state index contributed by atoms with van der Waals surface area (Å²) in [5.74, 6) is 0.243. The minimum Gasteiger partial charge on any atom is -0.498 e. The van der Waals surface area contributed by atoms with Crippen LogP contribution in [0.2, 0.25) is 0 Å². The molecule has 0 unspecified atom stereocenters. The molecule has 2 aromatic rings. The highest BCUT2D eigenvalue weighted by molar-refractivity contribution is 6.08. The zero-order chi connectivity index (χ0) is 23.0. The molecular formula is C18H14N4O9. The van der Waals surface area contributed by atoms with Crippen molar-refractivity contribution in [3.8, 4) is 11.1 Å². The number of nitrogens with zero attached hydrogens (tertiary/aromatic N) is 4. The average Bonchev–Trinajstić information content (AvgIpc) is 3.04. The molecule has 13 heteroatoms.